The molecule has 0 saturated heterocycles. The molecule has 5 N–H and O–H groups in total. The van der Waals surface area contributed by atoms with Gasteiger partial charge in [0.15, 0.2) is 0 Å². The van der Waals surface area contributed by atoms with Crippen molar-refractivity contribution in [2.24, 2.45) is 5.73 Å². The Morgan fingerprint density at radius 2 is 1.93 bits per heavy atom. The number of hydrogen-bond acceptors (Lipinski definition) is 6. The average Bonchev–Trinajstić information content (AvgIpc) is 2.70. The fraction of sp³-hybridized carbons (Fsp3) is 0.150. The zero-order valence-corrected chi connectivity index (χ0v) is 14.7. The lowest BCUT2D eigenvalue weighted by atomic mass is 10.0. The molecule has 2 aromatic carbocycles. The molecule has 0 saturated carbocycles. The summed E-state index contributed by atoms with van der Waals surface area (Å²) in [6.07, 6.45) is 1.63. The molecule has 1 atom stereocenters. The standard InChI is InChI=1S/C20H21N5O2/c21-19(27)15-7-4-8-17(11-15)24-20-22-10-9-18(25-20)23-12-16(13-26)14-5-2-1-3-6-14/h1-11,16,26H,12-13H2,(H2,21,27)(H2,22,23,24,25). The van der Waals surface area contributed by atoms with Gasteiger partial charge in [0.05, 0.1) is 6.61 Å². The van der Waals surface area contributed by atoms with E-state index in [1.54, 1.807) is 36.5 Å². The van der Waals surface area contributed by atoms with E-state index < -0.39 is 5.91 Å². The van der Waals surface area contributed by atoms with Crippen molar-refractivity contribution in [1.29, 1.82) is 0 Å². The van der Waals surface area contributed by atoms with Gasteiger partial charge in [-0.1, -0.05) is 36.4 Å². The number of nitrogens with zero attached hydrogens (tertiary/aromatic N) is 2. The van der Waals surface area contributed by atoms with Crippen LogP contribution in [0.15, 0.2) is 66.9 Å². The molecule has 1 aromatic heterocycles. The Labute approximate surface area is 157 Å². The summed E-state index contributed by atoms with van der Waals surface area (Å²) >= 11 is 0. The molecule has 0 aliphatic rings. The third-order valence-electron chi connectivity index (χ3n) is 4.08. The maximum atomic E-state index is 11.3. The number of hydrogen-bond donors (Lipinski definition) is 4. The number of aliphatic hydroxyl groups is 1. The van der Waals surface area contributed by atoms with Crippen LogP contribution in [0.25, 0.3) is 0 Å². The minimum Gasteiger partial charge on any atom is -0.396 e. The van der Waals surface area contributed by atoms with Crippen molar-refractivity contribution in [1.82, 2.24) is 9.97 Å². The number of benzene rings is 2. The SMILES string of the molecule is NC(=O)c1cccc(Nc2nccc(NCC(CO)c3ccccc3)n2)c1. The van der Waals surface area contributed by atoms with Gasteiger partial charge in [-0.15, -0.1) is 0 Å². The largest absolute Gasteiger partial charge is 0.396 e. The molecule has 0 bridgehead atoms. The fourth-order valence-corrected chi connectivity index (χ4v) is 2.64. The highest BCUT2D eigenvalue weighted by molar-refractivity contribution is 5.93. The molecule has 0 spiro atoms. The van der Waals surface area contributed by atoms with Gasteiger partial charge in [0.25, 0.3) is 0 Å². The molecule has 1 heterocycles. The Bertz CT molecular complexity index is 902. The smallest absolute Gasteiger partial charge is 0.248 e. The third kappa shape index (κ3) is 5.02. The molecular formula is C20H21N5O2. The van der Waals surface area contributed by atoms with E-state index in [1.165, 1.54) is 0 Å². The zero-order valence-electron chi connectivity index (χ0n) is 14.7. The maximum absolute atomic E-state index is 11.3. The second-order valence-electron chi connectivity index (χ2n) is 6.01. The fourth-order valence-electron chi connectivity index (χ4n) is 2.64. The molecule has 138 valence electrons. The van der Waals surface area contributed by atoms with Crippen molar-refractivity contribution in [3.63, 3.8) is 0 Å². The lowest BCUT2D eigenvalue weighted by Gasteiger charge is -2.16. The maximum Gasteiger partial charge on any atom is 0.248 e. The van der Waals surface area contributed by atoms with E-state index >= 15 is 0 Å². The summed E-state index contributed by atoms with van der Waals surface area (Å²) in [6, 6.07) is 18.4. The van der Waals surface area contributed by atoms with Crippen LogP contribution in [-0.2, 0) is 0 Å². The van der Waals surface area contributed by atoms with Gasteiger partial charge < -0.3 is 21.5 Å². The van der Waals surface area contributed by atoms with Gasteiger partial charge in [-0.05, 0) is 29.8 Å². The normalized spacial score (nSPS) is 11.6. The Balaban J connectivity index is 1.67. The van der Waals surface area contributed by atoms with E-state index in [2.05, 4.69) is 20.6 Å². The lowest BCUT2D eigenvalue weighted by molar-refractivity contribution is 0.100. The molecule has 0 aliphatic carbocycles. The molecule has 3 aromatic rings. The van der Waals surface area contributed by atoms with E-state index in [0.29, 0.717) is 29.6 Å². The van der Waals surface area contributed by atoms with Crippen LogP contribution in [0.4, 0.5) is 17.5 Å². The van der Waals surface area contributed by atoms with E-state index in [4.69, 9.17) is 5.73 Å². The molecule has 0 aliphatic heterocycles. The average molecular weight is 363 g/mol. The first-order valence-electron chi connectivity index (χ1n) is 8.55. The monoisotopic (exact) mass is 363 g/mol. The summed E-state index contributed by atoms with van der Waals surface area (Å²) in [5.41, 5.74) is 7.43. The Kier molecular flexibility index (Phi) is 5.96. The van der Waals surface area contributed by atoms with Crippen LogP contribution >= 0.6 is 0 Å². The Hall–Kier alpha value is -3.45. The minimum absolute atomic E-state index is 0.0348. The first kappa shape index (κ1) is 18.3. The van der Waals surface area contributed by atoms with Crippen molar-refractivity contribution in [2.75, 3.05) is 23.8 Å². The number of carbonyl (C=O) groups excluding carboxylic acids is 1. The van der Waals surface area contributed by atoms with E-state index in [9.17, 15) is 9.90 Å². The number of rotatable bonds is 8. The Morgan fingerprint density at radius 3 is 2.67 bits per heavy atom. The van der Waals surface area contributed by atoms with Crippen LogP contribution in [0.5, 0.6) is 0 Å². The lowest BCUT2D eigenvalue weighted by Crippen LogP contribution is -2.17. The van der Waals surface area contributed by atoms with Crippen LogP contribution < -0.4 is 16.4 Å². The summed E-state index contributed by atoms with van der Waals surface area (Å²) in [4.78, 5) is 19.9. The molecule has 0 radical (unpaired) electrons. The van der Waals surface area contributed by atoms with Crippen molar-refractivity contribution in [2.45, 2.75) is 5.92 Å². The number of aromatic nitrogens is 2. The van der Waals surface area contributed by atoms with E-state index in [0.717, 1.165) is 5.56 Å². The first-order chi connectivity index (χ1) is 13.2. The van der Waals surface area contributed by atoms with Crippen molar-refractivity contribution in [3.05, 3.63) is 78.0 Å². The van der Waals surface area contributed by atoms with Crippen LogP contribution in [-0.4, -0.2) is 34.1 Å². The van der Waals surface area contributed by atoms with Gasteiger partial charge in [0.1, 0.15) is 5.82 Å². The molecule has 1 unspecified atom stereocenters. The zero-order chi connectivity index (χ0) is 19.1. The van der Waals surface area contributed by atoms with Gasteiger partial charge in [0.2, 0.25) is 11.9 Å². The third-order valence-corrected chi connectivity index (χ3v) is 4.08. The summed E-state index contributed by atoms with van der Waals surface area (Å²) in [6.45, 7) is 0.571. The summed E-state index contributed by atoms with van der Waals surface area (Å²) in [5, 5.41) is 15.9. The second kappa shape index (κ2) is 8.77. The highest BCUT2D eigenvalue weighted by Crippen LogP contribution is 2.18. The summed E-state index contributed by atoms with van der Waals surface area (Å²) in [7, 11) is 0. The van der Waals surface area contributed by atoms with Crippen molar-refractivity contribution in [3.8, 4) is 0 Å². The van der Waals surface area contributed by atoms with Crippen LogP contribution in [0, 0.1) is 0 Å². The number of carbonyl (C=O) groups is 1. The number of nitrogens with one attached hydrogen (secondary N) is 2. The summed E-state index contributed by atoms with van der Waals surface area (Å²) < 4.78 is 0. The van der Waals surface area contributed by atoms with Crippen LogP contribution in [0.3, 0.4) is 0 Å². The highest BCUT2D eigenvalue weighted by atomic mass is 16.3. The summed E-state index contributed by atoms with van der Waals surface area (Å²) in [5.74, 6) is 0.491. The van der Waals surface area contributed by atoms with Gasteiger partial charge in [0, 0.05) is 29.9 Å². The van der Waals surface area contributed by atoms with Crippen LogP contribution in [0.2, 0.25) is 0 Å². The molecule has 7 heteroatoms. The number of aliphatic hydroxyl groups excluding tert-OH is 1. The highest BCUT2D eigenvalue weighted by Gasteiger charge is 2.10. The Morgan fingerprint density at radius 1 is 1.11 bits per heavy atom. The molecule has 3 rings (SSSR count). The van der Waals surface area contributed by atoms with Gasteiger partial charge in [-0.3, -0.25) is 4.79 Å². The van der Waals surface area contributed by atoms with Gasteiger partial charge in [-0.2, -0.15) is 4.98 Å². The van der Waals surface area contributed by atoms with E-state index in [1.807, 2.05) is 30.3 Å². The quantitative estimate of drug-likeness (QED) is 0.489. The van der Waals surface area contributed by atoms with Gasteiger partial charge >= 0.3 is 0 Å². The minimum atomic E-state index is -0.494. The topological polar surface area (TPSA) is 113 Å². The number of nitrogens with two attached hydrogens (primary N) is 1. The number of amides is 1. The van der Waals surface area contributed by atoms with Crippen LogP contribution in [0.1, 0.15) is 21.8 Å². The predicted octanol–water partition coefficient (Wildman–Crippen LogP) is 2.51. The van der Waals surface area contributed by atoms with Crippen molar-refractivity contribution < 1.29 is 9.90 Å². The first-order valence-corrected chi connectivity index (χ1v) is 8.55. The molecule has 0 fully saturated rings. The molecule has 1 amide bonds. The predicted molar refractivity (Wildman–Crippen MR) is 105 cm³/mol. The van der Waals surface area contributed by atoms with Gasteiger partial charge in [-0.25, -0.2) is 4.98 Å². The molecular weight excluding hydrogens is 342 g/mol. The number of primary amides is 1. The van der Waals surface area contributed by atoms with E-state index in [-0.39, 0.29) is 12.5 Å². The number of anilines is 3. The second-order valence-corrected chi connectivity index (χ2v) is 6.01. The molecule has 27 heavy (non-hydrogen) atoms. The molecule has 7 nitrogen and oxygen atoms in total. The van der Waals surface area contributed by atoms with Crippen molar-refractivity contribution >= 4 is 23.4 Å².